The minimum absolute atomic E-state index is 0.0139. The molecule has 0 radical (unpaired) electrons. The number of aryl methyl sites for hydroxylation is 1. The lowest BCUT2D eigenvalue weighted by atomic mass is 9.84. The zero-order valence-electron chi connectivity index (χ0n) is 25.4. The molecule has 1 aromatic heterocycles. The summed E-state index contributed by atoms with van der Waals surface area (Å²) in [5, 5.41) is 4.66. The predicted octanol–water partition coefficient (Wildman–Crippen LogP) is 8.87. The number of allylic oxidation sites excluding steroid dienone is 5. The van der Waals surface area contributed by atoms with Crippen molar-refractivity contribution in [3.63, 3.8) is 0 Å². The Morgan fingerprint density at radius 3 is 2.44 bits per heavy atom. The second kappa shape index (κ2) is 13.3. The van der Waals surface area contributed by atoms with Gasteiger partial charge < -0.3 is 14.6 Å². The Morgan fingerprint density at radius 2 is 1.85 bits per heavy atom. The van der Waals surface area contributed by atoms with Gasteiger partial charge in [0.05, 0.1) is 12.3 Å². The molecular formula is C36H48N2O. The van der Waals surface area contributed by atoms with Gasteiger partial charge in [0.2, 0.25) is 0 Å². The molecule has 2 aromatic carbocycles. The number of aromatic nitrogens is 1. The molecule has 1 unspecified atom stereocenters. The van der Waals surface area contributed by atoms with Crippen molar-refractivity contribution in [2.75, 3.05) is 20.8 Å². The summed E-state index contributed by atoms with van der Waals surface area (Å²) in [6.45, 7) is 22.0. The molecule has 0 spiro atoms. The molecule has 1 N–H and O–H groups in total. The molecule has 0 aliphatic rings. The summed E-state index contributed by atoms with van der Waals surface area (Å²) >= 11 is 0. The van der Waals surface area contributed by atoms with Crippen LogP contribution in [-0.2, 0) is 17.6 Å². The maximum absolute atomic E-state index is 5.65. The Hall–Kier alpha value is -3.14. The maximum Gasteiger partial charge on any atom is 0.0523 e. The molecule has 0 fully saturated rings. The van der Waals surface area contributed by atoms with Crippen LogP contribution in [-0.4, -0.2) is 31.4 Å². The fourth-order valence-electron chi connectivity index (χ4n) is 5.70. The molecule has 1 heterocycles. The first-order chi connectivity index (χ1) is 18.6. The van der Waals surface area contributed by atoms with Crippen molar-refractivity contribution in [2.45, 2.75) is 66.5 Å². The number of fused-ring (bicyclic) bond motifs is 1. The Morgan fingerprint density at radius 1 is 1.10 bits per heavy atom. The van der Waals surface area contributed by atoms with E-state index in [-0.39, 0.29) is 11.5 Å². The standard InChI is InChI=1S/C36H48N2O/c1-11-14-15-28(12-2)35-33(23-36(7,8)24-39-10)32-22-29(16-17-34(32)38(35)25(4)5)30-19-26(6)18-27(20-30)21-31(13-3)37-9/h11-20,22,25,31,37H,1,3,21,23-24H2,2,4-10H3/b15-14-,28-12+. The average Bonchev–Trinajstić information content (AvgIpc) is 3.20. The van der Waals surface area contributed by atoms with Crippen LogP contribution in [0.3, 0.4) is 0 Å². The van der Waals surface area contributed by atoms with Crippen LogP contribution >= 0.6 is 0 Å². The van der Waals surface area contributed by atoms with Gasteiger partial charge in [0.1, 0.15) is 0 Å². The number of likely N-dealkylation sites (N-methyl/N-ethyl adjacent to an activating group) is 1. The fourth-order valence-corrected chi connectivity index (χ4v) is 5.70. The second-order valence-electron chi connectivity index (χ2n) is 11.7. The van der Waals surface area contributed by atoms with Crippen molar-refractivity contribution in [3.05, 3.63) is 102 Å². The van der Waals surface area contributed by atoms with Crippen LogP contribution in [0.4, 0.5) is 0 Å². The van der Waals surface area contributed by atoms with E-state index in [1.54, 1.807) is 7.11 Å². The van der Waals surface area contributed by atoms with Crippen LogP contribution in [0.2, 0.25) is 0 Å². The Labute approximate surface area is 237 Å². The minimum atomic E-state index is -0.0139. The molecule has 0 amide bonds. The van der Waals surface area contributed by atoms with Gasteiger partial charge in [0.15, 0.2) is 0 Å². The van der Waals surface area contributed by atoms with Gasteiger partial charge in [-0.2, -0.15) is 0 Å². The van der Waals surface area contributed by atoms with E-state index in [4.69, 9.17) is 4.74 Å². The summed E-state index contributed by atoms with van der Waals surface area (Å²) in [6, 6.07) is 14.5. The number of benzene rings is 2. The summed E-state index contributed by atoms with van der Waals surface area (Å²) in [5.74, 6) is 0. The number of hydrogen-bond donors (Lipinski definition) is 1. The van der Waals surface area contributed by atoms with Gasteiger partial charge in [-0.1, -0.05) is 80.6 Å². The SMILES string of the molecule is C=C/C=C\C(=C/C)c1c(CC(C)(C)COC)c2cc(-c3cc(C)cc(CC(C=C)NC)c3)ccc2n1C(C)C. The van der Waals surface area contributed by atoms with Crippen LogP contribution in [0, 0.1) is 12.3 Å². The third kappa shape index (κ3) is 7.09. The smallest absolute Gasteiger partial charge is 0.0523 e. The molecule has 3 heteroatoms. The first-order valence-corrected chi connectivity index (χ1v) is 14.1. The second-order valence-corrected chi connectivity index (χ2v) is 11.7. The van der Waals surface area contributed by atoms with Gasteiger partial charge in [-0.3, -0.25) is 0 Å². The third-order valence-corrected chi connectivity index (χ3v) is 7.39. The number of nitrogens with zero attached hydrogens (tertiary/aromatic N) is 1. The highest BCUT2D eigenvalue weighted by atomic mass is 16.5. The molecular weight excluding hydrogens is 476 g/mol. The normalized spacial score (nSPS) is 13.5. The van der Waals surface area contributed by atoms with Crippen LogP contribution in [0.5, 0.6) is 0 Å². The van der Waals surface area contributed by atoms with Crippen LogP contribution in [0.1, 0.15) is 63.0 Å². The van der Waals surface area contributed by atoms with E-state index in [1.807, 2.05) is 25.3 Å². The van der Waals surface area contributed by atoms with Crippen LogP contribution in [0.25, 0.3) is 27.6 Å². The lowest BCUT2D eigenvalue weighted by molar-refractivity contribution is 0.105. The molecule has 0 aliphatic carbocycles. The van der Waals surface area contributed by atoms with Crippen molar-refractivity contribution in [2.24, 2.45) is 5.41 Å². The number of methoxy groups -OCH3 is 1. The number of rotatable bonds is 13. The number of nitrogens with one attached hydrogen (secondary N) is 1. The summed E-state index contributed by atoms with van der Waals surface area (Å²) in [4.78, 5) is 0. The highest BCUT2D eigenvalue weighted by Crippen LogP contribution is 2.40. The highest BCUT2D eigenvalue weighted by Gasteiger charge is 2.27. The monoisotopic (exact) mass is 524 g/mol. The lowest BCUT2D eigenvalue weighted by Crippen LogP contribution is -2.24. The predicted molar refractivity (Wildman–Crippen MR) is 172 cm³/mol. The molecule has 3 aromatic rings. The van der Waals surface area contributed by atoms with Crippen molar-refractivity contribution < 1.29 is 4.74 Å². The van der Waals surface area contributed by atoms with E-state index < -0.39 is 0 Å². The number of hydrogen-bond acceptors (Lipinski definition) is 2. The largest absolute Gasteiger partial charge is 0.384 e. The van der Waals surface area contributed by atoms with Crippen molar-refractivity contribution >= 4 is 16.5 Å². The van der Waals surface area contributed by atoms with Crippen molar-refractivity contribution in [3.8, 4) is 11.1 Å². The van der Waals surface area contributed by atoms with Crippen molar-refractivity contribution in [1.82, 2.24) is 9.88 Å². The van der Waals surface area contributed by atoms with Crippen molar-refractivity contribution in [1.29, 1.82) is 0 Å². The Kier molecular flexibility index (Phi) is 10.4. The molecule has 0 bridgehead atoms. The Balaban J connectivity index is 2.32. The summed E-state index contributed by atoms with van der Waals surface area (Å²) < 4.78 is 8.15. The van der Waals surface area contributed by atoms with E-state index in [2.05, 4.69) is 113 Å². The lowest BCUT2D eigenvalue weighted by Gasteiger charge is -2.25. The van der Waals surface area contributed by atoms with E-state index in [0.717, 1.165) is 12.8 Å². The van der Waals surface area contributed by atoms with Crippen LogP contribution < -0.4 is 5.32 Å². The average molecular weight is 525 g/mol. The molecule has 0 saturated heterocycles. The van der Waals surface area contributed by atoms with Gasteiger partial charge in [-0.25, -0.2) is 0 Å². The zero-order valence-corrected chi connectivity index (χ0v) is 25.4. The van der Waals surface area contributed by atoms with Gasteiger partial charge in [-0.05, 0) is 93.0 Å². The molecule has 0 saturated carbocycles. The molecule has 0 aliphatic heterocycles. The van der Waals surface area contributed by atoms with E-state index in [0.29, 0.717) is 12.6 Å². The first kappa shape index (κ1) is 30.4. The highest BCUT2D eigenvalue weighted by molar-refractivity contribution is 5.95. The van der Waals surface area contributed by atoms with Gasteiger partial charge in [-0.15, -0.1) is 6.58 Å². The van der Waals surface area contributed by atoms with Gasteiger partial charge >= 0.3 is 0 Å². The zero-order chi connectivity index (χ0) is 28.7. The topological polar surface area (TPSA) is 26.2 Å². The third-order valence-electron chi connectivity index (χ3n) is 7.39. The molecule has 39 heavy (non-hydrogen) atoms. The maximum atomic E-state index is 5.65. The molecule has 3 rings (SSSR count). The first-order valence-electron chi connectivity index (χ1n) is 14.1. The summed E-state index contributed by atoms with van der Waals surface area (Å²) in [7, 11) is 3.78. The Bertz CT molecular complexity index is 1370. The van der Waals surface area contributed by atoms with Crippen LogP contribution in [0.15, 0.2) is 79.9 Å². The minimum Gasteiger partial charge on any atom is -0.384 e. The quantitative estimate of drug-likeness (QED) is 0.178. The molecule has 3 nitrogen and oxygen atoms in total. The van der Waals surface area contributed by atoms with E-state index in [9.17, 15) is 0 Å². The number of ether oxygens (including phenoxy) is 1. The van der Waals surface area contributed by atoms with E-state index >= 15 is 0 Å². The molecule has 1 atom stereocenters. The van der Waals surface area contributed by atoms with E-state index in [1.165, 1.54) is 50.0 Å². The van der Waals surface area contributed by atoms with Gasteiger partial charge in [0.25, 0.3) is 0 Å². The molecule has 208 valence electrons. The summed E-state index contributed by atoms with van der Waals surface area (Å²) in [5.41, 5.74) is 10.2. The fraction of sp³-hybridized carbons (Fsp3) is 0.389. The summed E-state index contributed by atoms with van der Waals surface area (Å²) in [6.07, 6.45) is 12.1. The van der Waals surface area contributed by atoms with Gasteiger partial charge in [0, 0.05) is 30.1 Å².